The fourth-order valence-electron chi connectivity index (χ4n) is 2.95. The third-order valence-corrected chi connectivity index (χ3v) is 4.82. The molecule has 3 rings (SSSR count). The lowest BCUT2D eigenvalue weighted by Gasteiger charge is -2.27. The molecule has 2 aromatic rings. The minimum atomic E-state index is -0.457. The molecule has 2 atom stereocenters. The van der Waals surface area contributed by atoms with Gasteiger partial charge in [-0.05, 0) is 40.8 Å². The molecule has 0 radical (unpaired) electrons. The van der Waals surface area contributed by atoms with Crippen molar-refractivity contribution in [2.75, 3.05) is 19.7 Å². The highest BCUT2D eigenvalue weighted by molar-refractivity contribution is 7.07. The zero-order chi connectivity index (χ0) is 15.2. The summed E-state index contributed by atoms with van der Waals surface area (Å²) in [5.74, 6) is 0. The fraction of sp³-hybridized carbons (Fsp3) is 0.444. The molecule has 1 aromatic heterocycles. The zero-order valence-corrected chi connectivity index (χ0v) is 13.5. The van der Waals surface area contributed by atoms with Gasteiger partial charge in [0, 0.05) is 26.2 Å². The maximum atomic E-state index is 10.5. The molecule has 22 heavy (non-hydrogen) atoms. The van der Waals surface area contributed by atoms with Crippen molar-refractivity contribution in [1.29, 1.82) is 0 Å². The molecule has 0 saturated carbocycles. The Bertz CT molecular complexity index is 537. The maximum absolute atomic E-state index is 10.5. The molecule has 0 spiro atoms. The zero-order valence-electron chi connectivity index (χ0n) is 12.7. The van der Waals surface area contributed by atoms with Gasteiger partial charge in [-0.25, -0.2) is 0 Å². The van der Waals surface area contributed by atoms with Crippen molar-refractivity contribution in [3.8, 4) is 0 Å². The first kappa shape index (κ1) is 15.7. The molecule has 1 saturated heterocycles. The summed E-state index contributed by atoms with van der Waals surface area (Å²) >= 11 is 1.72. The van der Waals surface area contributed by atoms with Gasteiger partial charge in [0.1, 0.15) is 0 Å². The van der Waals surface area contributed by atoms with Crippen LogP contribution in [0.5, 0.6) is 0 Å². The van der Waals surface area contributed by atoms with E-state index in [2.05, 4.69) is 21.7 Å². The average molecular weight is 317 g/mol. The molecule has 118 valence electrons. The van der Waals surface area contributed by atoms with Crippen LogP contribution < -0.4 is 0 Å². The van der Waals surface area contributed by atoms with Crippen LogP contribution in [0.1, 0.15) is 30.1 Å². The van der Waals surface area contributed by atoms with E-state index in [9.17, 15) is 5.11 Å². The molecule has 0 bridgehead atoms. The number of nitrogens with zero attached hydrogens (tertiary/aromatic N) is 1. The average Bonchev–Trinajstić information content (AvgIpc) is 3.22. The van der Waals surface area contributed by atoms with Gasteiger partial charge in [-0.2, -0.15) is 11.3 Å². The van der Waals surface area contributed by atoms with Crippen molar-refractivity contribution in [2.45, 2.75) is 31.6 Å². The van der Waals surface area contributed by atoms with Crippen LogP contribution in [0.4, 0.5) is 0 Å². The van der Waals surface area contributed by atoms with E-state index >= 15 is 0 Å². The van der Waals surface area contributed by atoms with E-state index in [4.69, 9.17) is 4.74 Å². The number of hydrogen-bond acceptors (Lipinski definition) is 4. The molecule has 1 aliphatic heterocycles. The molecular formula is C18H23NO2S. The Morgan fingerprint density at radius 1 is 1.27 bits per heavy atom. The Morgan fingerprint density at radius 3 is 2.82 bits per heavy atom. The summed E-state index contributed by atoms with van der Waals surface area (Å²) in [5.41, 5.74) is 2.29. The molecule has 4 heteroatoms. The molecule has 1 aromatic carbocycles. The van der Waals surface area contributed by atoms with E-state index in [-0.39, 0.29) is 0 Å². The monoisotopic (exact) mass is 317 g/mol. The van der Waals surface area contributed by atoms with Gasteiger partial charge in [0.2, 0.25) is 0 Å². The predicted molar refractivity (Wildman–Crippen MR) is 90.0 cm³/mol. The first-order valence-electron chi connectivity index (χ1n) is 7.89. The number of aliphatic hydroxyl groups is 1. The molecule has 2 unspecified atom stereocenters. The smallest absolute Gasteiger partial charge is 0.0917 e. The lowest BCUT2D eigenvalue weighted by molar-refractivity contribution is 0.0461. The predicted octanol–water partition coefficient (Wildman–Crippen LogP) is 3.46. The minimum absolute atomic E-state index is 0.307. The van der Waals surface area contributed by atoms with Crippen LogP contribution >= 0.6 is 11.3 Å². The molecule has 0 amide bonds. The summed E-state index contributed by atoms with van der Waals surface area (Å²) in [6.07, 6.45) is 2.13. The van der Waals surface area contributed by atoms with E-state index in [1.807, 2.05) is 30.3 Å². The first-order valence-corrected chi connectivity index (χ1v) is 8.83. The molecular weight excluding hydrogens is 294 g/mol. The second-order valence-corrected chi connectivity index (χ2v) is 6.67. The van der Waals surface area contributed by atoms with Gasteiger partial charge < -0.3 is 9.84 Å². The van der Waals surface area contributed by atoms with Crippen molar-refractivity contribution in [2.24, 2.45) is 0 Å². The summed E-state index contributed by atoms with van der Waals surface area (Å²) in [4.78, 5) is 2.32. The number of hydrogen-bond donors (Lipinski definition) is 1. The highest BCUT2D eigenvalue weighted by atomic mass is 32.1. The number of rotatable bonds is 7. The van der Waals surface area contributed by atoms with Gasteiger partial charge >= 0.3 is 0 Å². The van der Waals surface area contributed by atoms with E-state index in [1.54, 1.807) is 11.3 Å². The van der Waals surface area contributed by atoms with Crippen LogP contribution in [-0.4, -0.2) is 35.8 Å². The molecule has 1 aliphatic rings. The van der Waals surface area contributed by atoms with Crippen LogP contribution in [0.15, 0.2) is 47.2 Å². The highest BCUT2D eigenvalue weighted by Crippen LogP contribution is 2.20. The number of benzene rings is 1. The normalized spacial score (nSPS) is 19.6. The summed E-state index contributed by atoms with van der Waals surface area (Å²) in [7, 11) is 0. The van der Waals surface area contributed by atoms with Crippen LogP contribution in [-0.2, 0) is 11.3 Å². The molecule has 2 heterocycles. The fourth-order valence-corrected chi connectivity index (χ4v) is 3.61. The van der Waals surface area contributed by atoms with Crippen molar-refractivity contribution >= 4 is 11.3 Å². The topological polar surface area (TPSA) is 32.7 Å². The summed E-state index contributed by atoms with van der Waals surface area (Å²) in [6.45, 7) is 3.27. The SMILES string of the molecule is OC(CN(Cc1ccsc1)CC1CCCO1)c1ccccc1. The lowest BCUT2D eigenvalue weighted by atomic mass is 10.1. The van der Waals surface area contributed by atoms with Crippen LogP contribution in [0.2, 0.25) is 0 Å². The van der Waals surface area contributed by atoms with E-state index in [0.29, 0.717) is 12.6 Å². The van der Waals surface area contributed by atoms with Crippen LogP contribution in [0, 0.1) is 0 Å². The van der Waals surface area contributed by atoms with Crippen molar-refractivity contribution < 1.29 is 9.84 Å². The Morgan fingerprint density at radius 2 is 2.14 bits per heavy atom. The Balaban J connectivity index is 1.64. The number of thiophene rings is 1. The second-order valence-electron chi connectivity index (χ2n) is 5.89. The van der Waals surface area contributed by atoms with Crippen molar-refractivity contribution in [1.82, 2.24) is 4.90 Å². The Hall–Kier alpha value is -1.20. The Kier molecular flexibility index (Phi) is 5.62. The summed E-state index contributed by atoms with van der Waals surface area (Å²) in [5, 5.41) is 14.8. The quantitative estimate of drug-likeness (QED) is 0.849. The van der Waals surface area contributed by atoms with E-state index in [0.717, 1.165) is 38.1 Å². The standard InChI is InChI=1S/C18H23NO2S/c20-18(16-5-2-1-3-6-16)13-19(11-15-8-10-22-14-15)12-17-7-4-9-21-17/h1-3,5-6,8,10,14,17-18,20H,4,7,9,11-13H2. The molecule has 0 aliphatic carbocycles. The second kappa shape index (κ2) is 7.88. The first-order chi connectivity index (χ1) is 10.8. The largest absolute Gasteiger partial charge is 0.387 e. The van der Waals surface area contributed by atoms with Gasteiger partial charge in [-0.15, -0.1) is 0 Å². The Labute approximate surface area is 136 Å². The van der Waals surface area contributed by atoms with Gasteiger partial charge in [0.25, 0.3) is 0 Å². The summed E-state index contributed by atoms with van der Waals surface area (Å²) < 4.78 is 5.77. The third kappa shape index (κ3) is 4.40. The van der Waals surface area contributed by atoms with Gasteiger partial charge in [0.15, 0.2) is 0 Å². The third-order valence-electron chi connectivity index (χ3n) is 4.09. The van der Waals surface area contributed by atoms with Crippen LogP contribution in [0.3, 0.4) is 0 Å². The summed E-state index contributed by atoms with van der Waals surface area (Å²) in [6, 6.07) is 12.1. The van der Waals surface area contributed by atoms with E-state index in [1.165, 1.54) is 5.56 Å². The minimum Gasteiger partial charge on any atom is -0.387 e. The van der Waals surface area contributed by atoms with Gasteiger partial charge in [0.05, 0.1) is 12.2 Å². The van der Waals surface area contributed by atoms with Crippen molar-refractivity contribution in [3.05, 3.63) is 58.3 Å². The molecule has 3 nitrogen and oxygen atoms in total. The lowest BCUT2D eigenvalue weighted by Crippen LogP contribution is -2.35. The molecule has 1 N–H and O–H groups in total. The van der Waals surface area contributed by atoms with Gasteiger partial charge in [-0.1, -0.05) is 30.3 Å². The highest BCUT2D eigenvalue weighted by Gasteiger charge is 2.21. The van der Waals surface area contributed by atoms with Crippen LogP contribution in [0.25, 0.3) is 0 Å². The molecule has 1 fully saturated rings. The number of aliphatic hydroxyl groups excluding tert-OH is 1. The maximum Gasteiger partial charge on any atom is 0.0917 e. The van der Waals surface area contributed by atoms with E-state index < -0.39 is 6.10 Å². The number of ether oxygens (including phenoxy) is 1. The van der Waals surface area contributed by atoms with Gasteiger partial charge in [-0.3, -0.25) is 4.90 Å². The van der Waals surface area contributed by atoms with Crippen molar-refractivity contribution in [3.63, 3.8) is 0 Å².